The lowest BCUT2D eigenvalue weighted by Crippen LogP contribution is -2.43. The van der Waals surface area contributed by atoms with Crippen LogP contribution in [0, 0.1) is 0 Å². The number of rotatable bonds is 9. The van der Waals surface area contributed by atoms with E-state index in [-0.39, 0.29) is 12.8 Å². The topological polar surface area (TPSA) is 122 Å². The molecular weight excluding hydrogens is 238 g/mol. The van der Waals surface area contributed by atoms with Crippen LogP contribution in [-0.4, -0.2) is 41.5 Å². The van der Waals surface area contributed by atoms with Gasteiger partial charge in [0.25, 0.3) is 0 Å². The van der Waals surface area contributed by atoms with Gasteiger partial charge in [0.1, 0.15) is 6.04 Å². The van der Waals surface area contributed by atoms with Crippen LogP contribution in [0.4, 0.5) is 0 Å². The number of aliphatic carboxylic acids is 1. The summed E-state index contributed by atoms with van der Waals surface area (Å²) in [5.74, 6) is -2.10. The molecule has 0 saturated carbocycles. The van der Waals surface area contributed by atoms with E-state index in [9.17, 15) is 14.4 Å². The molecule has 0 aliphatic carbocycles. The van der Waals surface area contributed by atoms with Crippen LogP contribution in [0.15, 0.2) is 12.7 Å². The zero-order valence-corrected chi connectivity index (χ0v) is 10.3. The summed E-state index contributed by atoms with van der Waals surface area (Å²) in [6.07, 6.45) is 1.80. The first-order chi connectivity index (χ1) is 8.38. The van der Waals surface area contributed by atoms with Gasteiger partial charge in [0.05, 0.1) is 6.04 Å². The lowest BCUT2D eigenvalue weighted by atomic mass is 10.1. The average Bonchev–Trinajstić information content (AvgIpc) is 2.28. The van der Waals surface area contributed by atoms with E-state index < -0.39 is 29.9 Å². The Bertz CT molecular complexity index is 330. The second kappa shape index (κ2) is 8.24. The monoisotopic (exact) mass is 257 g/mol. The Hall–Kier alpha value is -1.89. The number of carboxylic acids is 1. The SMILES string of the molecule is C=CCN[C@H](CCC(=O)N[C@@H](C)C(=O)O)C(N)=O. The molecule has 7 nitrogen and oxygen atoms in total. The molecule has 0 rings (SSSR count). The van der Waals surface area contributed by atoms with Crippen molar-refractivity contribution in [2.24, 2.45) is 5.73 Å². The summed E-state index contributed by atoms with van der Waals surface area (Å²) >= 11 is 0. The van der Waals surface area contributed by atoms with Gasteiger partial charge < -0.3 is 21.5 Å². The number of carbonyl (C=O) groups excluding carboxylic acids is 2. The van der Waals surface area contributed by atoms with Crippen molar-refractivity contribution in [3.63, 3.8) is 0 Å². The van der Waals surface area contributed by atoms with Gasteiger partial charge in [-0.1, -0.05) is 6.08 Å². The molecule has 18 heavy (non-hydrogen) atoms. The molecule has 0 fully saturated rings. The number of hydrogen-bond acceptors (Lipinski definition) is 4. The van der Waals surface area contributed by atoms with Crippen molar-refractivity contribution in [2.75, 3.05) is 6.54 Å². The molecule has 0 saturated heterocycles. The highest BCUT2D eigenvalue weighted by atomic mass is 16.4. The number of nitrogens with two attached hydrogens (primary N) is 1. The molecule has 0 aliphatic rings. The van der Waals surface area contributed by atoms with Gasteiger partial charge in [-0.05, 0) is 13.3 Å². The minimum atomic E-state index is -1.11. The number of carboxylic acid groups (broad SMARTS) is 1. The van der Waals surface area contributed by atoms with Gasteiger partial charge in [0.2, 0.25) is 11.8 Å². The van der Waals surface area contributed by atoms with E-state index in [4.69, 9.17) is 10.8 Å². The van der Waals surface area contributed by atoms with Crippen molar-refractivity contribution < 1.29 is 19.5 Å². The summed E-state index contributed by atoms with van der Waals surface area (Å²) in [6, 6.07) is -1.58. The minimum Gasteiger partial charge on any atom is -0.480 e. The van der Waals surface area contributed by atoms with Crippen molar-refractivity contribution >= 4 is 17.8 Å². The van der Waals surface area contributed by atoms with Gasteiger partial charge in [0.15, 0.2) is 0 Å². The molecule has 0 bridgehead atoms. The van der Waals surface area contributed by atoms with Gasteiger partial charge in [-0.15, -0.1) is 6.58 Å². The van der Waals surface area contributed by atoms with Crippen LogP contribution in [0.2, 0.25) is 0 Å². The average molecular weight is 257 g/mol. The molecule has 5 N–H and O–H groups in total. The Kier molecular flexibility index (Phi) is 7.37. The maximum Gasteiger partial charge on any atom is 0.325 e. The van der Waals surface area contributed by atoms with Gasteiger partial charge in [-0.3, -0.25) is 14.4 Å². The summed E-state index contributed by atoms with van der Waals surface area (Å²) in [4.78, 5) is 32.9. The van der Waals surface area contributed by atoms with Gasteiger partial charge in [-0.2, -0.15) is 0 Å². The predicted octanol–water partition coefficient (Wildman–Crippen LogP) is -1.01. The van der Waals surface area contributed by atoms with Crippen LogP contribution in [-0.2, 0) is 14.4 Å². The molecular formula is C11H19N3O4. The summed E-state index contributed by atoms with van der Waals surface area (Å²) in [5, 5.41) is 13.7. The lowest BCUT2D eigenvalue weighted by Gasteiger charge is -2.14. The van der Waals surface area contributed by atoms with Crippen molar-refractivity contribution in [3.8, 4) is 0 Å². The molecule has 0 aromatic carbocycles. The molecule has 0 aromatic heterocycles. The van der Waals surface area contributed by atoms with Crippen LogP contribution >= 0.6 is 0 Å². The van der Waals surface area contributed by atoms with Crippen LogP contribution in [0.5, 0.6) is 0 Å². The van der Waals surface area contributed by atoms with E-state index in [1.165, 1.54) is 6.92 Å². The van der Waals surface area contributed by atoms with E-state index >= 15 is 0 Å². The molecule has 0 radical (unpaired) electrons. The zero-order chi connectivity index (χ0) is 14.1. The third-order valence-corrected chi connectivity index (χ3v) is 2.26. The largest absolute Gasteiger partial charge is 0.480 e. The normalized spacial score (nSPS) is 13.4. The fourth-order valence-corrected chi connectivity index (χ4v) is 1.22. The number of primary amides is 1. The standard InChI is InChI=1S/C11H19N3O4/c1-3-6-13-8(10(12)16)4-5-9(15)14-7(2)11(17)18/h3,7-8,13H,1,4-6H2,2H3,(H2,12,16)(H,14,15)(H,17,18)/t7-,8+/m0/s1. The van der Waals surface area contributed by atoms with Gasteiger partial charge in [0, 0.05) is 13.0 Å². The first-order valence-electron chi connectivity index (χ1n) is 5.54. The van der Waals surface area contributed by atoms with E-state index in [1.54, 1.807) is 6.08 Å². The van der Waals surface area contributed by atoms with Crippen LogP contribution in [0.3, 0.4) is 0 Å². The van der Waals surface area contributed by atoms with E-state index in [2.05, 4.69) is 17.2 Å². The lowest BCUT2D eigenvalue weighted by molar-refractivity contribution is -0.141. The maximum absolute atomic E-state index is 11.4. The van der Waals surface area contributed by atoms with Crippen molar-refractivity contribution in [1.82, 2.24) is 10.6 Å². The molecule has 0 aromatic rings. The second-order valence-corrected chi connectivity index (χ2v) is 3.82. The Morgan fingerprint density at radius 3 is 2.50 bits per heavy atom. The fourth-order valence-electron chi connectivity index (χ4n) is 1.22. The molecule has 2 amide bonds. The maximum atomic E-state index is 11.4. The molecule has 0 spiro atoms. The van der Waals surface area contributed by atoms with Crippen LogP contribution < -0.4 is 16.4 Å². The third kappa shape index (κ3) is 6.64. The highest BCUT2D eigenvalue weighted by molar-refractivity contribution is 5.84. The first kappa shape index (κ1) is 16.1. The molecule has 0 aliphatic heterocycles. The highest BCUT2D eigenvalue weighted by Gasteiger charge is 2.18. The van der Waals surface area contributed by atoms with E-state index in [0.717, 1.165) is 0 Å². The summed E-state index contributed by atoms with van der Waals surface area (Å²) in [6.45, 7) is 5.25. The van der Waals surface area contributed by atoms with Crippen molar-refractivity contribution in [2.45, 2.75) is 31.8 Å². The number of carbonyl (C=O) groups is 3. The van der Waals surface area contributed by atoms with Crippen molar-refractivity contribution in [3.05, 3.63) is 12.7 Å². The highest BCUT2D eigenvalue weighted by Crippen LogP contribution is 1.98. The van der Waals surface area contributed by atoms with Gasteiger partial charge in [-0.25, -0.2) is 0 Å². The van der Waals surface area contributed by atoms with Crippen LogP contribution in [0.25, 0.3) is 0 Å². The van der Waals surface area contributed by atoms with Gasteiger partial charge >= 0.3 is 5.97 Å². The first-order valence-corrected chi connectivity index (χ1v) is 5.54. The summed E-state index contributed by atoms with van der Waals surface area (Å²) in [5.41, 5.74) is 5.15. The molecule has 102 valence electrons. The third-order valence-electron chi connectivity index (χ3n) is 2.26. The Balaban J connectivity index is 4.10. The predicted molar refractivity (Wildman–Crippen MR) is 65.7 cm³/mol. The zero-order valence-electron chi connectivity index (χ0n) is 10.3. The van der Waals surface area contributed by atoms with Crippen LogP contribution in [0.1, 0.15) is 19.8 Å². The molecule has 2 atom stereocenters. The Morgan fingerprint density at radius 1 is 1.44 bits per heavy atom. The number of amides is 2. The quantitative estimate of drug-likeness (QED) is 0.394. The molecule has 0 unspecified atom stereocenters. The van der Waals surface area contributed by atoms with E-state index in [1.807, 2.05) is 0 Å². The second-order valence-electron chi connectivity index (χ2n) is 3.82. The fraction of sp³-hybridized carbons (Fsp3) is 0.545. The molecule has 7 heteroatoms. The number of hydrogen-bond donors (Lipinski definition) is 4. The van der Waals surface area contributed by atoms with Crippen molar-refractivity contribution in [1.29, 1.82) is 0 Å². The minimum absolute atomic E-state index is 0.0232. The molecule has 0 heterocycles. The Labute approximate surface area is 105 Å². The smallest absolute Gasteiger partial charge is 0.325 e. The summed E-state index contributed by atoms with van der Waals surface area (Å²) < 4.78 is 0. The summed E-state index contributed by atoms with van der Waals surface area (Å²) in [7, 11) is 0. The van der Waals surface area contributed by atoms with E-state index in [0.29, 0.717) is 6.54 Å². The Morgan fingerprint density at radius 2 is 2.06 bits per heavy atom. The number of nitrogens with one attached hydrogen (secondary N) is 2.